The summed E-state index contributed by atoms with van der Waals surface area (Å²) in [6.45, 7) is 3.88. The number of benzene rings is 2. The molecule has 0 saturated heterocycles. The minimum absolute atomic E-state index is 0.0182. The molecule has 7 heteroatoms. The van der Waals surface area contributed by atoms with Crippen molar-refractivity contribution in [1.82, 2.24) is 5.43 Å². The van der Waals surface area contributed by atoms with Gasteiger partial charge >= 0.3 is 0 Å². The summed E-state index contributed by atoms with van der Waals surface area (Å²) < 4.78 is 0. The molecule has 2 aromatic rings. The lowest BCUT2D eigenvalue weighted by atomic mass is 10.1. The Bertz CT molecular complexity index is 847. The van der Waals surface area contributed by atoms with Crippen LogP contribution in [-0.2, 0) is 9.59 Å². The van der Waals surface area contributed by atoms with Crippen LogP contribution in [0.1, 0.15) is 29.5 Å². The Morgan fingerprint density at radius 3 is 2.46 bits per heavy atom. The number of hydrogen-bond acceptors (Lipinski definition) is 5. The number of nitrogens with zero attached hydrogens (tertiary/aromatic N) is 1. The second-order valence-electron chi connectivity index (χ2n) is 5.90. The number of carbonyl (C=O) groups excluding carboxylic acids is 2. The average Bonchev–Trinajstić information content (AvgIpc) is 2.57. The highest BCUT2D eigenvalue weighted by Gasteiger charge is 2.08. The van der Waals surface area contributed by atoms with Gasteiger partial charge < -0.3 is 15.5 Å². The van der Waals surface area contributed by atoms with Gasteiger partial charge in [0.2, 0.25) is 11.8 Å². The van der Waals surface area contributed by atoms with Crippen LogP contribution in [0.4, 0.5) is 5.69 Å². The minimum Gasteiger partial charge on any atom is -0.508 e. The van der Waals surface area contributed by atoms with E-state index in [1.54, 1.807) is 0 Å². The number of phenols is 2. The van der Waals surface area contributed by atoms with Crippen LogP contribution in [0.25, 0.3) is 0 Å². The number of aromatic hydroxyl groups is 2. The molecule has 0 heterocycles. The van der Waals surface area contributed by atoms with Gasteiger partial charge in [-0.3, -0.25) is 9.59 Å². The van der Waals surface area contributed by atoms with Gasteiger partial charge in [0.25, 0.3) is 0 Å². The topological polar surface area (TPSA) is 111 Å². The van der Waals surface area contributed by atoms with Crippen molar-refractivity contribution in [3.63, 3.8) is 0 Å². The molecular weight excluding hydrogens is 334 g/mol. The number of carbonyl (C=O) groups is 2. The van der Waals surface area contributed by atoms with Crippen LogP contribution in [-0.4, -0.2) is 28.2 Å². The smallest absolute Gasteiger partial charge is 0.240 e. The van der Waals surface area contributed by atoms with Gasteiger partial charge in [-0.05, 0) is 37.6 Å². The predicted octanol–water partition coefficient (Wildman–Crippen LogP) is 2.58. The number of rotatable bonds is 6. The minimum atomic E-state index is -0.421. The zero-order chi connectivity index (χ0) is 19.1. The van der Waals surface area contributed by atoms with Gasteiger partial charge in [-0.25, -0.2) is 5.43 Å². The molecule has 2 aromatic carbocycles. The lowest BCUT2D eigenvalue weighted by Crippen LogP contribution is -2.20. The van der Waals surface area contributed by atoms with Gasteiger partial charge in [-0.2, -0.15) is 5.10 Å². The summed E-state index contributed by atoms with van der Waals surface area (Å²) in [5.41, 5.74) is 5.42. The van der Waals surface area contributed by atoms with Crippen LogP contribution in [0.2, 0.25) is 0 Å². The van der Waals surface area contributed by atoms with Gasteiger partial charge in [0.15, 0.2) is 0 Å². The summed E-state index contributed by atoms with van der Waals surface area (Å²) in [5, 5.41) is 25.3. The summed E-state index contributed by atoms with van der Waals surface area (Å²) in [6, 6.07) is 9.72. The largest absolute Gasteiger partial charge is 0.508 e. The van der Waals surface area contributed by atoms with Crippen molar-refractivity contribution in [3.8, 4) is 11.5 Å². The average molecular weight is 355 g/mol. The van der Waals surface area contributed by atoms with Gasteiger partial charge in [0.05, 0.1) is 6.21 Å². The summed E-state index contributed by atoms with van der Waals surface area (Å²) in [5.74, 6) is -0.906. The molecule has 0 aliphatic heterocycles. The molecule has 7 nitrogen and oxygen atoms in total. The molecule has 0 aromatic heterocycles. The molecular formula is C19H21N3O4. The maximum absolute atomic E-state index is 11.9. The first-order valence-electron chi connectivity index (χ1n) is 8.06. The zero-order valence-corrected chi connectivity index (χ0v) is 14.6. The normalized spacial score (nSPS) is 10.7. The maximum Gasteiger partial charge on any atom is 0.240 e. The number of aryl methyl sites for hydroxylation is 2. The third-order valence-corrected chi connectivity index (χ3v) is 3.64. The summed E-state index contributed by atoms with van der Waals surface area (Å²) >= 11 is 0. The van der Waals surface area contributed by atoms with E-state index in [0.717, 1.165) is 16.8 Å². The van der Waals surface area contributed by atoms with E-state index in [1.165, 1.54) is 24.4 Å². The second-order valence-corrected chi connectivity index (χ2v) is 5.90. The van der Waals surface area contributed by atoms with Gasteiger partial charge in [-0.15, -0.1) is 0 Å². The van der Waals surface area contributed by atoms with Crippen molar-refractivity contribution < 1.29 is 19.8 Å². The second kappa shape index (κ2) is 8.66. The lowest BCUT2D eigenvalue weighted by molar-refractivity contribution is -0.124. The number of amides is 2. The van der Waals surface area contributed by atoms with E-state index in [1.807, 2.05) is 32.0 Å². The molecule has 0 radical (unpaired) electrons. The molecule has 0 aliphatic rings. The Balaban J connectivity index is 1.79. The van der Waals surface area contributed by atoms with Crippen LogP contribution in [0.3, 0.4) is 0 Å². The highest BCUT2D eigenvalue weighted by atomic mass is 16.3. The lowest BCUT2D eigenvalue weighted by Gasteiger charge is -2.08. The highest BCUT2D eigenvalue weighted by molar-refractivity contribution is 5.94. The number of anilines is 1. The standard InChI is InChI=1S/C19H21N3O4/c1-12-3-6-16(13(2)9-12)21-18(25)7-8-19(26)22-20-11-14-4-5-15(23)10-17(14)24/h3-6,9-11,23-24H,7-8H2,1-2H3,(H,21,25)(H,22,26). The molecule has 0 bridgehead atoms. The van der Waals surface area contributed by atoms with E-state index < -0.39 is 5.91 Å². The molecule has 2 amide bonds. The van der Waals surface area contributed by atoms with Crippen LogP contribution in [0.15, 0.2) is 41.5 Å². The van der Waals surface area contributed by atoms with Gasteiger partial charge in [0, 0.05) is 30.2 Å². The monoisotopic (exact) mass is 355 g/mol. The van der Waals surface area contributed by atoms with Gasteiger partial charge in [0.1, 0.15) is 11.5 Å². The number of nitrogens with one attached hydrogen (secondary N) is 2. The first kappa shape index (κ1) is 19.0. The Hall–Kier alpha value is -3.35. The van der Waals surface area contributed by atoms with Crippen LogP contribution < -0.4 is 10.7 Å². The number of hydrogen-bond donors (Lipinski definition) is 4. The van der Waals surface area contributed by atoms with Crippen molar-refractivity contribution in [2.75, 3.05) is 5.32 Å². The maximum atomic E-state index is 11.9. The van der Waals surface area contributed by atoms with E-state index in [0.29, 0.717) is 5.56 Å². The van der Waals surface area contributed by atoms with Crippen molar-refractivity contribution in [1.29, 1.82) is 0 Å². The van der Waals surface area contributed by atoms with Crippen molar-refractivity contribution in [3.05, 3.63) is 53.1 Å². The highest BCUT2D eigenvalue weighted by Crippen LogP contribution is 2.20. The van der Waals surface area contributed by atoms with Crippen LogP contribution in [0.5, 0.6) is 11.5 Å². The molecule has 0 fully saturated rings. The third kappa shape index (κ3) is 5.62. The number of phenolic OH excluding ortho intramolecular Hbond substituents is 2. The Labute approximate surface area is 151 Å². The molecule has 2 rings (SSSR count). The Morgan fingerprint density at radius 1 is 1.04 bits per heavy atom. The quantitative estimate of drug-likeness (QED) is 0.471. The Kier molecular flexibility index (Phi) is 6.32. The third-order valence-electron chi connectivity index (χ3n) is 3.64. The zero-order valence-electron chi connectivity index (χ0n) is 14.6. The van der Waals surface area contributed by atoms with Crippen LogP contribution in [0, 0.1) is 13.8 Å². The van der Waals surface area contributed by atoms with Crippen LogP contribution >= 0.6 is 0 Å². The van der Waals surface area contributed by atoms with Crippen molar-refractivity contribution in [2.45, 2.75) is 26.7 Å². The van der Waals surface area contributed by atoms with Crippen molar-refractivity contribution >= 4 is 23.7 Å². The molecule has 136 valence electrons. The first-order valence-corrected chi connectivity index (χ1v) is 8.06. The summed E-state index contributed by atoms with van der Waals surface area (Å²) in [6.07, 6.45) is 1.26. The molecule has 26 heavy (non-hydrogen) atoms. The SMILES string of the molecule is Cc1ccc(NC(=O)CCC(=O)NN=Cc2ccc(O)cc2O)c(C)c1. The first-order chi connectivity index (χ1) is 12.3. The Morgan fingerprint density at radius 2 is 1.77 bits per heavy atom. The molecule has 0 atom stereocenters. The fourth-order valence-corrected chi connectivity index (χ4v) is 2.26. The van der Waals surface area contributed by atoms with Crippen molar-refractivity contribution in [2.24, 2.45) is 5.10 Å². The summed E-state index contributed by atoms with van der Waals surface area (Å²) in [7, 11) is 0. The molecule has 0 saturated carbocycles. The van der Waals surface area contributed by atoms with E-state index >= 15 is 0 Å². The molecule has 4 N–H and O–H groups in total. The van der Waals surface area contributed by atoms with E-state index in [2.05, 4.69) is 15.8 Å². The van der Waals surface area contributed by atoms with E-state index in [4.69, 9.17) is 0 Å². The fraction of sp³-hybridized carbons (Fsp3) is 0.211. The predicted molar refractivity (Wildman–Crippen MR) is 99.3 cm³/mol. The fourth-order valence-electron chi connectivity index (χ4n) is 2.26. The molecule has 0 unspecified atom stereocenters. The number of hydrazone groups is 1. The molecule has 0 spiro atoms. The molecule has 0 aliphatic carbocycles. The summed E-state index contributed by atoms with van der Waals surface area (Å²) in [4.78, 5) is 23.7. The van der Waals surface area contributed by atoms with E-state index in [9.17, 15) is 19.8 Å². The van der Waals surface area contributed by atoms with Gasteiger partial charge in [-0.1, -0.05) is 17.7 Å². The van der Waals surface area contributed by atoms with E-state index in [-0.39, 0.29) is 30.2 Å².